The molecule has 1 unspecified atom stereocenters. The zero-order chi connectivity index (χ0) is 26.9. The van der Waals surface area contributed by atoms with Crippen molar-refractivity contribution in [2.24, 2.45) is 11.8 Å². The molecule has 1 atom stereocenters. The van der Waals surface area contributed by atoms with Gasteiger partial charge in [0.05, 0.1) is 0 Å². The van der Waals surface area contributed by atoms with Crippen molar-refractivity contribution in [1.29, 1.82) is 0 Å². The summed E-state index contributed by atoms with van der Waals surface area (Å²) in [5.41, 5.74) is 7.22. The van der Waals surface area contributed by atoms with Gasteiger partial charge in [-0.2, -0.15) is 0 Å². The zero-order valence-corrected chi connectivity index (χ0v) is 24.1. The highest BCUT2D eigenvalue weighted by atomic mass is 14.2. The van der Waals surface area contributed by atoms with Crippen molar-refractivity contribution in [3.8, 4) is 12.3 Å². The van der Waals surface area contributed by atoms with E-state index >= 15 is 0 Å². The molecule has 0 spiro atoms. The minimum atomic E-state index is 0.390. The first kappa shape index (κ1) is 31.3. The van der Waals surface area contributed by atoms with E-state index < -0.39 is 0 Å². The molecule has 0 aliphatic carbocycles. The fourth-order valence-electron chi connectivity index (χ4n) is 4.34. The molecule has 0 nitrogen and oxygen atoms in total. The minimum Gasteiger partial charge on any atom is -0.115 e. The summed E-state index contributed by atoms with van der Waals surface area (Å²) >= 11 is 0. The Balaban J connectivity index is 0.000000397. The van der Waals surface area contributed by atoms with Crippen LogP contribution in [0.15, 0.2) is 90.0 Å². The highest BCUT2D eigenvalue weighted by molar-refractivity contribution is 5.81. The van der Waals surface area contributed by atoms with Crippen LogP contribution < -0.4 is 0 Å². The smallest absolute Gasteiger partial charge is 0.0238 e. The first-order chi connectivity index (χ1) is 17.3. The summed E-state index contributed by atoms with van der Waals surface area (Å²) in [5, 5.41) is 0. The van der Waals surface area contributed by atoms with Crippen LogP contribution in [-0.2, 0) is 0 Å². The lowest BCUT2D eigenvalue weighted by Gasteiger charge is -2.18. The maximum absolute atomic E-state index is 5.77. The molecule has 2 aromatic rings. The number of hydrogen-bond acceptors (Lipinski definition) is 0. The molecule has 0 aromatic heterocycles. The van der Waals surface area contributed by atoms with E-state index in [0.29, 0.717) is 11.8 Å². The van der Waals surface area contributed by atoms with Gasteiger partial charge in [0.2, 0.25) is 0 Å². The van der Waals surface area contributed by atoms with Crippen molar-refractivity contribution in [2.45, 2.75) is 92.9 Å². The van der Waals surface area contributed by atoms with E-state index in [1.807, 2.05) is 6.07 Å². The lowest BCUT2D eigenvalue weighted by molar-refractivity contribution is 0.422. The molecule has 0 amide bonds. The van der Waals surface area contributed by atoms with Crippen LogP contribution in [-0.4, -0.2) is 0 Å². The van der Waals surface area contributed by atoms with Crippen LogP contribution in [0.4, 0.5) is 0 Å². The highest BCUT2D eigenvalue weighted by Gasteiger charge is 2.12. The Kier molecular flexibility index (Phi) is 15.3. The summed E-state index contributed by atoms with van der Waals surface area (Å²) in [5.74, 6) is 4.86. The number of terminal acetylenes is 1. The minimum absolute atomic E-state index is 0.390. The van der Waals surface area contributed by atoms with E-state index in [-0.39, 0.29) is 0 Å². The predicted octanol–water partition coefficient (Wildman–Crippen LogP) is 11.0. The quantitative estimate of drug-likeness (QED) is 0.208. The Morgan fingerprint density at radius 2 is 1.47 bits per heavy atom. The zero-order valence-electron chi connectivity index (χ0n) is 24.1. The van der Waals surface area contributed by atoms with Gasteiger partial charge >= 0.3 is 0 Å². The number of allylic oxidation sites excluding steroid dienone is 5. The summed E-state index contributed by atoms with van der Waals surface area (Å²) in [4.78, 5) is 0. The van der Waals surface area contributed by atoms with E-state index in [0.717, 1.165) is 29.1 Å². The lowest BCUT2D eigenvalue weighted by Crippen LogP contribution is -2.03. The van der Waals surface area contributed by atoms with Crippen molar-refractivity contribution in [3.05, 3.63) is 101 Å². The molecule has 0 radical (unpaired) electrons. The van der Waals surface area contributed by atoms with Gasteiger partial charge in [-0.05, 0) is 72.3 Å². The second kappa shape index (κ2) is 17.6. The Morgan fingerprint density at radius 3 is 1.94 bits per heavy atom. The Labute approximate surface area is 223 Å². The van der Waals surface area contributed by atoms with E-state index in [1.54, 1.807) is 0 Å². The number of rotatable bonds is 12. The van der Waals surface area contributed by atoms with Crippen molar-refractivity contribution in [2.75, 3.05) is 0 Å². The predicted molar refractivity (Wildman–Crippen MR) is 163 cm³/mol. The molecule has 2 aromatic carbocycles. The SMILES string of the molecule is C#CC(/C=C(\C(=C)C(C)C)c1ccccc1)=C(/C)CCCC.CCC(CC)CC(C)c1ccccc1. The van der Waals surface area contributed by atoms with E-state index in [9.17, 15) is 0 Å². The van der Waals surface area contributed by atoms with Gasteiger partial charge in [0.25, 0.3) is 0 Å². The molecule has 0 saturated heterocycles. The van der Waals surface area contributed by atoms with Gasteiger partial charge in [-0.3, -0.25) is 0 Å². The largest absolute Gasteiger partial charge is 0.115 e. The first-order valence-corrected chi connectivity index (χ1v) is 14.0. The highest BCUT2D eigenvalue weighted by Crippen LogP contribution is 2.30. The third-order valence-electron chi connectivity index (χ3n) is 7.15. The molecule has 194 valence electrons. The molecule has 36 heavy (non-hydrogen) atoms. The fraction of sp³-hybridized carbons (Fsp3) is 0.444. The summed E-state index contributed by atoms with van der Waals surface area (Å²) in [6, 6.07) is 21.2. The maximum atomic E-state index is 5.77. The van der Waals surface area contributed by atoms with Crippen molar-refractivity contribution in [1.82, 2.24) is 0 Å². The van der Waals surface area contributed by atoms with Gasteiger partial charge in [0, 0.05) is 5.57 Å². The molecular weight excluding hydrogens is 432 g/mol. The number of unbranched alkanes of at least 4 members (excludes halogenated alkanes) is 1. The molecule has 0 heterocycles. The number of hydrogen-bond donors (Lipinski definition) is 0. The summed E-state index contributed by atoms with van der Waals surface area (Å²) < 4.78 is 0. The van der Waals surface area contributed by atoms with Crippen molar-refractivity contribution >= 4 is 5.57 Å². The van der Waals surface area contributed by atoms with Crippen LogP contribution in [0.1, 0.15) is 104 Å². The normalized spacial score (nSPS) is 12.9. The van der Waals surface area contributed by atoms with E-state index in [4.69, 9.17) is 6.42 Å². The summed E-state index contributed by atoms with van der Waals surface area (Å²) in [6.45, 7) is 19.9. The van der Waals surface area contributed by atoms with Gasteiger partial charge in [-0.1, -0.05) is 140 Å². The average molecular weight is 483 g/mol. The first-order valence-electron chi connectivity index (χ1n) is 14.0. The second-order valence-electron chi connectivity index (χ2n) is 10.3. The summed E-state index contributed by atoms with van der Waals surface area (Å²) in [6.07, 6.45) is 15.3. The van der Waals surface area contributed by atoms with Crippen LogP contribution in [0.25, 0.3) is 5.57 Å². The van der Waals surface area contributed by atoms with Crippen LogP contribution in [0.2, 0.25) is 0 Å². The Morgan fingerprint density at radius 1 is 0.917 bits per heavy atom. The lowest BCUT2D eigenvalue weighted by atomic mass is 9.87. The third-order valence-corrected chi connectivity index (χ3v) is 7.15. The van der Waals surface area contributed by atoms with Gasteiger partial charge in [-0.25, -0.2) is 0 Å². The maximum Gasteiger partial charge on any atom is 0.0238 e. The molecule has 0 heteroatoms. The van der Waals surface area contributed by atoms with Gasteiger partial charge < -0.3 is 0 Å². The molecule has 0 saturated carbocycles. The molecule has 2 rings (SSSR count). The molecular formula is C36H50. The Hall–Kier alpha value is -2.78. The van der Waals surface area contributed by atoms with Gasteiger partial charge in [-0.15, -0.1) is 6.42 Å². The van der Waals surface area contributed by atoms with E-state index in [1.165, 1.54) is 48.8 Å². The van der Waals surface area contributed by atoms with E-state index in [2.05, 4.69) is 122 Å². The van der Waals surface area contributed by atoms with Crippen LogP contribution in [0.5, 0.6) is 0 Å². The fourth-order valence-corrected chi connectivity index (χ4v) is 4.34. The Bertz CT molecular complexity index is 975. The average Bonchev–Trinajstić information content (AvgIpc) is 2.91. The number of benzene rings is 2. The monoisotopic (exact) mass is 482 g/mol. The van der Waals surface area contributed by atoms with Crippen molar-refractivity contribution < 1.29 is 0 Å². The molecule has 0 bridgehead atoms. The topological polar surface area (TPSA) is 0 Å². The third kappa shape index (κ3) is 10.9. The van der Waals surface area contributed by atoms with Crippen LogP contribution in [0, 0.1) is 24.2 Å². The molecule has 0 fully saturated rings. The summed E-state index contributed by atoms with van der Waals surface area (Å²) in [7, 11) is 0. The molecule has 0 aliphatic heterocycles. The van der Waals surface area contributed by atoms with Crippen LogP contribution in [0.3, 0.4) is 0 Å². The van der Waals surface area contributed by atoms with Crippen LogP contribution >= 0.6 is 0 Å². The second-order valence-corrected chi connectivity index (χ2v) is 10.3. The van der Waals surface area contributed by atoms with Gasteiger partial charge in [0.1, 0.15) is 0 Å². The van der Waals surface area contributed by atoms with Gasteiger partial charge in [0.15, 0.2) is 0 Å². The standard InChI is InChI=1S/C22H28.C14H22/c1-7-9-13-18(5)20(8-2)16-22(19(6)17(3)4)21-14-11-10-12-15-21;1-4-13(5-2)11-12(3)14-9-7-6-8-10-14/h2,10-12,14-17H,6-7,9,13H2,1,3-5H3;6-10,12-13H,4-5,11H2,1-3H3/b20-18+,22-16+;. The molecule has 0 N–H and O–H groups in total. The molecule has 0 aliphatic rings. The van der Waals surface area contributed by atoms with Crippen molar-refractivity contribution in [3.63, 3.8) is 0 Å².